The fraction of sp³-hybridized carbons (Fsp3) is 0.500. The average Bonchev–Trinajstić information content (AvgIpc) is 2.96. The lowest BCUT2D eigenvalue weighted by Crippen LogP contribution is -2.42. The van der Waals surface area contributed by atoms with Crippen LogP contribution in [0.15, 0.2) is 30.3 Å². The topological polar surface area (TPSA) is 90.4 Å². The van der Waals surface area contributed by atoms with Crippen molar-refractivity contribution < 1.29 is 9.90 Å². The van der Waals surface area contributed by atoms with E-state index in [1.165, 1.54) is 0 Å². The third kappa shape index (κ3) is 4.04. The molecule has 1 fully saturated rings. The van der Waals surface area contributed by atoms with Gasteiger partial charge in [-0.25, -0.2) is 0 Å². The second kappa shape index (κ2) is 7.22. The van der Waals surface area contributed by atoms with Crippen molar-refractivity contribution in [2.75, 3.05) is 6.54 Å². The Bertz CT molecular complexity index is 490. The number of rotatable bonds is 6. The maximum absolute atomic E-state index is 12.5. The van der Waals surface area contributed by atoms with E-state index in [-0.39, 0.29) is 17.8 Å². The number of aliphatic hydroxyl groups is 1. The Labute approximate surface area is 125 Å². The highest BCUT2D eigenvalue weighted by molar-refractivity contribution is 5.94. The summed E-state index contributed by atoms with van der Waals surface area (Å²) in [6, 6.07) is 9.07. The van der Waals surface area contributed by atoms with Crippen LogP contribution in [-0.2, 0) is 0 Å². The molecule has 1 aliphatic heterocycles. The van der Waals surface area contributed by atoms with Gasteiger partial charge < -0.3 is 15.7 Å². The molecule has 0 aliphatic carbocycles. The number of carbonyl (C=O) groups excluding carboxylic acids is 1. The van der Waals surface area contributed by atoms with Gasteiger partial charge in [0.2, 0.25) is 0 Å². The smallest absolute Gasteiger partial charge is 0.254 e. The molecule has 1 heterocycles. The summed E-state index contributed by atoms with van der Waals surface area (Å²) in [5.41, 5.74) is 5.99. The van der Waals surface area contributed by atoms with Crippen LogP contribution < -0.4 is 5.73 Å². The monoisotopic (exact) mass is 289 g/mol. The summed E-state index contributed by atoms with van der Waals surface area (Å²) >= 11 is 0. The molecule has 0 spiro atoms. The van der Waals surface area contributed by atoms with Crippen molar-refractivity contribution in [1.82, 2.24) is 4.90 Å². The van der Waals surface area contributed by atoms with E-state index < -0.39 is 6.10 Å². The lowest BCUT2D eigenvalue weighted by Gasteiger charge is -2.29. The Balaban J connectivity index is 1.96. The molecule has 21 heavy (non-hydrogen) atoms. The van der Waals surface area contributed by atoms with E-state index in [1.54, 1.807) is 17.0 Å². The highest BCUT2D eigenvalue weighted by Gasteiger charge is 2.33. The zero-order chi connectivity index (χ0) is 15.2. The van der Waals surface area contributed by atoms with E-state index in [0.717, 1.165) is 12.8 Å². The summed E-state index contributed by atoms with van der Waals surface area (Å²) in [7, 11) is 0. The van der Waals surface area contributed by atoms with Gasteiger partial charge in [0.1, 0.15) is 0 Å². The Morgan fingerprint density at radius 1 is 1.43 bits per heavy atom. The van der Waals surface area contributed by atoms with Crippen LogP contribution in [0.1, 0.15) is 42.5 Å². The lowest BCUT2D eigenvalue weighted by atomic mass is 10.0. The standard InChI is InChI=1S/C16H23N3O2/c17-15(18)10-4-9-14(20)13-8-5-11-19(13)16(21)12-6-2-1-3-7-12/h1-3,6-7,13-14,20H,4-5,8-11H2,(H3,17,18). The summed E-state index contributed by atoms with van der Waals surface area (Å²) in [5.74, 6) is 0.134. The predicted octanol–water partition coefficient (Wildman–Crippen LogP) is 1.76. The van der Waals surface area contributed by atoms with Crippen LogP contribution in [0.4, 0.5) is 0 Å². The van der Waals surface area contributed by atoms with Gasteiger partial charge in [0, 0.05) is 18.5 Å². The van der Waals surface area contributed by atoms with E-state index >= 15 is 0 Å². The molecule has 0 aromatic heterocycles. The van der Waals surface area contributed by atoms with E-state index in [2.05, 4.69) is 0 Å². The second-order valence-electron chi connectivity index (χ2n) is 5.56. The lowest BCUT2D eigenvalue weighted by molar-refractivity contribution is 0.0459. The Kier molecular flexibility index (Phi) is 5.33. The summed E-state index contributed by atoms with van der Waals surface area (Å²) in [5, 5.41) is 17.5. The number of amides is 1. The van der Waals surface area contributed by atoms with Crippen LogP contribution in [0.3, 0.4) is 0 Å². The van der Waals surface area contributed by atoms with Gasteiger partial charge in [-0.3, -0.25) is 10.2 Å². The van der Waals surface area contributed by atoms with Crippen molar-refractivity contribution in [2.45, 2.75) is 44.2 Å². The highest BCUT2D eigenvalue weighted by atomic mass is 16.3. The second-order valence-corrected chi connectivity index (χ2v) is 5.56. The van der Waals surface area contributed by atoms with E-state index in [9.17, 15) is 9.90 Å². The normalized spacial score (nSPS) is 19.5. The molecule has 0 radical (unpaired) electrons. The number of hydrogen-bond acceptors (Lipinski definition) is 3. The van der Waals surface area contributed by atoms with Crippen LogP contribution in [0.2, 0.25) is 0 Å². The first-order chi connectivity index (χ1) is 10.1. The summed E-state index contributed by atoms with van der Waals surface area (Å²) in [6.45, 7) is 0.697. The Morgan fingerprint density at radius 3 is 2.81 bits per heavy atom. The number of carbonyl (C=O) groups is 1. The fourth-order valence-electron chi connectivity index (χ4n) is 2.89. The van der Waals surface area contributed by atoms with Crippen molar-refractivity contribution in [3.8, 4) is 0 Å². The minimum atomic E-state index is -0.542. The Morgan fingerprint density at radius 2 is 2.14 bits per heavy atom. The maximum Gasteiger partial charge on any atom is 0.254 e. The molecule has 5 heteroatoms. The molecular weight excluding hydrogens is 266 g/mol. The third-order valence-electron chi connectivity index (χ3n) is 3.97. The highest BCUT2D eigenvalue weighted by Crippen LogP contribution is 2.24. The summed E-state index contributed by atoms with van der Waals surface area (Å²) < 4.78 is 0. The first-order valence-corrected chi connectivity index (χ1v) is 7.46. The molecule has 2 rings (SSSR count). The van der Waals surface area contributed by atoms with Crippen LogP contribution >= 0.6 is 0 Å². The predicted molar refractivity (Wildman–Crippen MR) is 82.3 cm³/mol. The zero-order valence-corrected chi connectivity index (χ0v) is 12.2. The van der Waals surface area contributed by atoms with Gasteiger partial charge in [-0.2, -0.15) is 0 Å². The van der Waals surface area contributed by atoms with Gasteiger partial charge in [-0.05, 0) is 37.8 Å². The van der Waals surface area contributed by atoms with Gasteiger partial charge in [-0.1, -0.05) is 18.2 Å². The number of aliphatic hydroxyl groups excluding tert-OH is 1. The van der Waals surface area contributed by atoms with Gasteiger partial charge in [0.25, 0.3) is 5.91 Å². The zero-order valence-electron chi connectivity index (χ0n) is 12.2. The molecule has 114 valence electrons. The molecule has 2 unspecified atom stereocenters. The number of nitrogens with two attached hydrogens (primary N) is 1. The first-order valence-electron chi connectivity index (χ1n) is 7.46. The van der Waals surface area contributed by atoms with Crippen molar-refractivity contribution in [2.24, 2.45) is 5.73 Å². The van der Waals surface area contributed by atoms with Crippen molar-refractivity contribution in [1.29, 1.82) is 5.41 Å². The van der Waals surface area contributed by atoms with Crippen LogP contribution in [0.5, 0.6) is 0 Å². The number of hydrogen-bond donors (Lipinski definition) is 3. The van der Waals surface area contributed by atoms with Gasteiger partial charge in [0.15, 0.2) is 0 Å². The van der Waals surface area contributed by atoms with Gasteiger partial charge in [-0.15, -0.1) is 0 Å². The molecule has 1 aromatic carbocycles. The number of likely N-dealkylation sites (tertiary alicyclic amines) is 1. The molecule has 4 N–H and O–H groups in total. The van der Waals surface area contributed by atoms with Crippen molar-refractivity contribution in [3.63, 3.8) is 0 Å². The van der Waals surface area contributed by atoms with E-state index in [0.29, 0.717) is 31.4 Å². The maximum atomic E-state index is 12.5. The van der Waals surface area contributed by atoms with Crippen molar-refractivity contribution >= 4 is 11.7 Å². The first kappa shape index (κ1) is 15.5. The number of nitrogens with zero attached hydrogens (tertiary/aromatic N) is 1. The molecule has 1 saturated heterocycles. The van der Waals surface area contributed by atoms with Crippen molar-refractivity contribution in [3.05, 3.63) is 35.9 Å². The fourth-order valence-corrected chi connectivity index (χ4v) is 2.89. The molecule has 0 saturated carbocycles. The van der Waals surface area contributed by atoms with Gasteiger partial charge in [0.05, 0.1) is 18.0 Å². The summed E-state index contributed by atoms with van der Waals surface area (Å²) in [4.78, 5) is 14.3. The molecule has 1 aromatic rings. The number of nitrogens with one attached hydrogen (secondary N) is 1. The van der Waals surface area contributed by atoms with E-state index in [4.69, 9.17) is 11.1 Å². The minimum absolute atomic E-state index is 0.0104. The largest absolute Gasteiger partial charge is 0.391 e. The molecule has 1 aliphatic rings. The van der Waals surface area contributed by atoms with Gasteiger partial charge >= 0.3 is 0 Å². The quantitative estimate of drug-likeness (QED) is 0.550. The molecular formula is C16H23N3O2. The van der Waals surface area contributed by atoms with Crippen LogP contribution in [0, 0.1) is 5.41 Å². The SMILES string of the molecule is N=C(N)CCCC(O)C1CCCN1C(=O)c1ccccc1. The molecule has 5 nitrogen and oxygen atoms in total. The average molecular weight is 289 g/mol. The summed E-state index contributed by atoms with van der Waals surface area (Å²) in [6.07, 6.45) is 2.96. The number of amidine groups is 1. The number of benzene rings is 1. The van der Waals surface area contributed by atoms with Crippen LogP contribution in [0.25, 0.3) is 0 Å². The molecule has 0 bridgehead atoms. The minimum Gasteiger partial charge on any atom is -0.391 e. The molecule has 1 amide bonds. The van der Waals surface area contributed by atoms with Crippen LogP contribution in [-0.4, -0.2) is 40.4 Å². The third-order valence-corrected chi connectivity index (χ3v) is 3.97. The van der Waals surface area contributed by atoms with E-state index in [1.807, 2.05) is 18.2 Å². The Hall–Kier alpha value is -1.88. The molecule has 2 atom stereocenters.